The topological polar surface area (TPSA) is 102 Å². The molecule has 0 saturated heterocycles. The fraction of sp³-hybridized carbons (Fsp3) is 0.133. The average Bonchev–Trinajstić information content (AvgIpc) is 2.56. The normalized spacial score (nSPS) is 13.4. The zero-order valence-corrected chi connectivity index (χ0v) is 13.3. The standard InChI is InChI=1S/C15H11F2NO6S/c16-8-1-2-11(17)12(5-8)18-25(21,22)9-6-10(15(19)20)14-13(7-9)23-3-4-24-14/h1-2,5-7,18H,3-4H2,(H,19,20). The fourth-order valence-corrected chi connectivity index (χ4v) is 3.32. The van der Waals surface area contributed by atoms with Crippen molar-refractivity contribution in [3.05, 3.63) is 47.5 Å². The highest BCUT2D eigenvalue weighted by atomic mass is 32.2. The molecule has 0 atom stereocenters. The number of carbonyl (C=O) groups is 1. The number of sulfonamides is 1. The Bertz CT molecular complexity index is 961. The minimum absolute atomic E-state index is 0.0637. The van der Waals surface area contributed by atoms with Crippen molar-refractivity contribution in [2.24, 2.45) is 0 Å². The lowest BCUT2D eigenvalue weighted by molar-refractivity contribution is 0.0685. The maximum atomic E-state index is 13.7. The van der Waals surface area contributed by atoms with Gasteiger partial charge in [0.15, 0.2) is 11.5 Å². The molecule has 2 N–H and O–H groups in total. The van der Waals surface area contributed by atoms with E-state index in [1.165, 1.54) is 0 Å². The van der Waals surface area contributed by atoms with Crippen LogP contribution in [0, 0.1) is 11.6 Å². The molecule has 0 aromatic heterocycles. The summed E-state index contributed by atoms with van der Waals surface area (Å²) in [4.78, 5) is 10.9. The van der Waals surface area contributed by atoms with Crippen molar-refractivity contribution in [2.75, 3.05) is 17.9 Å². The van der Waals surface area contributed by atoms with Gasteiger partial charge in [-0.3, -0.25) is 4.72 Å². The number of benzene rings is 2. The van der Waals surface area contributed by atoms with Crippen LogP contribution in [0.2, 0.25) is 0 Å². The third-order valence-corrected chi connectivity index (χ3v) is 4.67. The van der Waals surface area contributed by atoms with Crippen molar-refractivity contribution in [2.45, 2.75) is 4.90 Å². The van der Waals surface area contributed by atoms with E-state index in [-0.39, 0.29) is 24.7 Å². The summed E-state index contributed by atoms with van der Waals surface area (Å²) in [7, 11) is -4.40. The van der Waals surface area contributed by atoms with Crippen LogP contribution in [0.3, 0.4) is 0 Å². The first kappa shape index (κ1) is 17.0. The predicted molar refractivity (Wildman–Crippen MR) is 81.6 cm³/mol. The Morgan fingerprint density at radius 1 is 1.12 bits per heavy atom. The molecule has 10 heteroatoms. The Kier molecular flexibility index (Phi) is 4.21. The first-order chi connectivity index (χ1) is 11.8. The maximum absolute atomic E-state index is 13.7. The monoisotopic (exact) mass is 371 g/mol. The molecule has 3 rings (SSSR count). The number of rotatable bonds is 4. The lowest BCUT2D eigenvalue weighted by Gasteiger charge is -2.21. The molecule has 132 valence electrons. The largest absolute Gasteiger partial charge is 0.486 e. The molecule has 0 spiro atoms. The van der Waals surface area contributed by atoms with E-state index in [9.17, 15) is 27.1 Å². The van der Waals surface area contributed by atoms with Crippen LogP contribution in [-0.2, 0) is 10.0 Å². The van der Waals surface area contributed by atoms with E-state index >= 15 is 0 Å². The lowest BCUT2D eigenvalue weighted by Crippen LogP contribution is -2.20. The third-order valence-electron chi connectivity index (χ3n) is 3.33. The van der Waals surface area contributed by atoms with Gasteiger partial charge < -0.3 is 14.6 Å². The molecule has 2 aromatic rings. The number of aromatic carboxylic acids is 1. The van der Waals surface area contributed by atoms with Crippen LogP contribution in [0.15, 0.2) is 35.2 Å². The number of fused-ring (bicyclic) bond motifs is 1. The average molecular weight is 371 g/mol. The van der Waals surface area contributed by atoms with Crippen LogP contribution in [-0.4, -0.2) is 32.7 Å². The maximum Gasteiger partial charge on any atom is 0.339 e. The number of hydrogen-bond acceptors (Lipinski definition) is 5. The van der Waals surface area contributed by atoms with Crippen LogP contribution in [0.4, 0.5) is 14.5 Å². The molecule has 0 radical (unpaired) electrons. The van der Waals surface area contributed by atoms with Crippen molar-refractivity contribution in [1.82, 2.24) is 0 Å². The van der Waals surface area contributed by atoms with E-state index in [0.717, 1.165) is 24.3 Å². The number of carboxylic acid groups (broad SMARTS) is 1. The Labute approximate surface area is 140 Å². The summed E-state index contributed by atoms with van der Waals surface area (Å²) in [6, 6.07) is 4.18. The molecule has 25 heavy (non-hydrogen) atoms. The molecule has 2 aromatic carbocycles. The summed E-state index contributed by atoms with van der Waals surface area (Å²) in [6.07, 6.45) is 0. The van der Waals surface area contributed by atoms with Crippen molar-refractivity contribution < 1.29 is 36.6 Å². The molecule has 0 bridgehead atoms. The highest BCUT2D eigenvalue weighted by Gasteiger charge is 2.27. The van der Waals surface area contributed by atoms with Gasteiger partial charge in [0.2, 0.25) is 0 Å². The van der Waals surface area contributed by atoms with Gasteiger partial charge in [0.25, 0.3) is 10.0 Å². The van der Waals surface area contributed by atoms with Gasteiger partial charge in [0.1, 0.15) is 30.4 Å². The molecule has 7 nitrogen and oxygen atoms in total. The SMILES string of the molecule is O=C(O)c1cc(S(=O)(=O)Nc2cc(F)ccc2F)cc2c1OCCO2. The zero-order valence-electron chi connectivity index (χ0n) is 12.5. The van der Waals surface area contributed by atoms with E-state index in [1.807, 2.05) is 4.72 Å². The summed E-state index contributed by atoms with van der Waals surface area (Å²) in [5, 5.41) is 9.24. The molecule has 0 fully saturated rings. The number of hydrogen-bond donors (Lipinski definition) is 2. The van der Waals surface area contributed by atoms with Gasteiger partial charge in [-0.15, -0.1) is 0 Å². The van der Waals surface area contributed by atoms with E-state index in [2.05, 4.69) is 0 Å². The molecule has 0 amide bonds. The van der Waals surface area contributed by atoms with Crippen LogP contribution in [0.25, 0.3) is 0 Å². The number of nitrogens with one attached hydrogen (secondary N) is 1. The quantitative estimate of drug-likeness (QED) is 0.855. The second-order valence-corrected chi connectivity index (χ2v) is 6.71. The van der Waals surface area contributed by atoms with Crippen LogP contribution < -0.4 is 14.2 Å². The second-order valence-electron chi connectivity index (χ2n) is 5.03. The first-order valence-electron chi connectivity index (χ1n) is 6.93. The Hall–Kier alpha value is -2.88. The molecule has 1 heterocycles. The minimum Gasteiger partial charge on any atom is -0.486 e. The van der Waals surface area contributed by atoms with Crippen molar-refractivity contribution >= 4 is 21.7 Å². The van der Waals surface area contributed by atoms with Gasteiger partial charge in [-0.2, -0.15) is 0 Å². The van der Waals surface area contributed by atoms with Crippen LogP contribution in [0.5, 0.6) is 11.5 Å². The molecule has 0 saturated carbocycles. The number of carboxylic acids is 1. The van der Waals surface area contributed by atoms with Crippen molar-refractivity contribution in [1.29, 1.82) is 0 Å². The minimum atomic E-state index is -4.40. The number of anilines is 1. The second kappa shape index (κ2) is 6.20. The van der Waals surface area contributed by atoms with E-state index < -0.39 is 43.8 Å². The molecule has 1 aliphatic heterocycles. The Balaban J connectivity index is 2.07. The first-order valence-corrected chi connectivity index (χ1v) is 8.41. The van der Waals surface area contributed by atoms with Crippen LogP contribution in [0.1, 0.15) is 10.4 Å². The van der Waals surface area contributed by atoms with E-state index in [4.69, 9.17) is 9.47 Å². The number of halogens is 2. The Morgan fingerprint density at radius 2 is 1.84 bits per heavy atom. The van der Waals surface area contributed by atoms with Gasteiger partial charge in [-0.1, -0.05) is 0 Å². The smallest absolute Gasteiger partial charge is 0.339 e. The van der Waals surface area contributed by atoms with Crippen LogP contribution >= 0.6 is 0 Å². The molecular formula is C15H11F2NO6S. The fourth-order valence-electron chi connectivity index (χ4n) is 2.22. The summed E-state index contributed by atoms with van der Waals surface area (Å²) >= 11 is 0. The van der Waals surface area contributed by atoms with Gasteiger partial charge in [-0.05, 0) is 18.2 Å². The van der Waals surface area contributed by atoms with Gasteiger partial charge >= 0.3 is 5.97 Å². The predicted octanol–water partition coefficient (Wildman–Crippen LogP) is 2.24. The summed E-state index contributed by atoms with van der Waals surface area (Å²) in [5.41, 5.74) is -1.02. The molecule has 0 aliphatic carbocycles. The van der Waals surface area contributed by atoms with E-state index in [0.29, 0.717) is 6.07 Å². The highest BCUT2D eigenvalue weighted by Crippen LogP contribution is 2.37. The molecule has 1 aliphatic rings. The third kappa shape index (κ3) is 3.33. The molecule has 0 unspecified atom stereocenters. The summed E-state index contributed by atoms with van der Waals surface area (Å²) in [6.45, 7) is 0.230. The summed E-state index contributed by atoms with van der Waals surface area (Å²) in [5.74, 6) is -3.40. The lowest BCUT2D eigenvalue weighted by atomic mass is 10.2. The van der Waals surface area contributed by atoms with Crippen molar-refractivity contribution in [3.8, 4) is 11.5 Å². The Morgan fingerprint density at radius 3 is 2.56 bits per heavy atom. The summed E-state index contributed by atoms with van der Waals surface area (Å²) < 4.78 is 64.1. The van der Waals surface area contributed by atoms with Crippen molar-refractivity contribution in [3.63, 3.8) is 0 Å². The number of ether oxygens (including phenoxy) is 2. The van der Waals surface area contributed by atoms with Gasteiger partial charge in [-0.25, -0.2) is 22.0 Å². The highest BCUT2D eigenvalue weighted by molar-refractivity contribution is 7.92. The molecular weight excluding hydrogens is 360 g/mol. The van der Waals surface area contributed by atoms with Gasteiger partial charge in [0, 0.05) is 12.1 Å². The zero-order chi connectivity index (χ0) is 18.2. The van der Waals surface area contributed by atoms with Gasteiger partial charge in [0.05, 0.1) is 10.6 Å². The van der Waals surface area contributed by atoms with E-state index in [1.54, 1.807) is 0 Å².